The lowest BCUT2D eigenvalue weighted by molar-refractivity contribution is -0.141. The van der Waals surface area contributed by atoms with E-state index in [4.69, 9.17) is 5.73 Å². The van der Waals surface area contributed by atoms with Gasteiger partial charge in [-0.1, -0.05) is 30.3 Å². The van der Waals surface area contributed by atoms with Crippen LogP contribution in [0.15, 0.2) is 42.9 Å². The Labute approximate surface area is 201 Å². The summed E-state index contributed by atoms with van der Waals surface area (Å²) in [5.41, 5.74) is 6.82. The molecule has 0 radical (unpaired) electrons. The lowest BCUT2D eigenvalue weighted by Crippen LogP contribution is -2.61. The fourth-order valence-corrected chi connectivity index (χ4v) is 4.38. The van der Waals surface area contributed by atoms with Gasteiger partial charge < -0.3 is 26.3 Å². The number of hydrogen-bond donors (Lipinski definition) is 4. The van der Waals surface area contributed by atoms with E-state index in [9.17, 15) is 24.0 Å². The van der Waals surface area contributed by atoms with Crippen molar-refractivity contribution in [3.05, 3.63) is 54.1 Å². The number of H-pyrrole nitrogens is 1. The molecule has 1 aromatic carbocycles. The highest BCUT2D eigenvalue weighted by atomic mass is 16.2. The number of urea groups is 1. The first-order valence-electron chi connectivity index (χ1n) is 11.4. The zero-order valence-corrected chi connectivity index (χ0v) is 19.0. The molecular formula is C23H27N7O5. The van der Waals surface area contributed by atoms with E-state index in [1.54, 1.807) is 24.3 Å². The van der Waals surface area contributed by atoms with Gasteiger partial charge in [-0.15, -0.1) is 0 Å². The van der Waals surface area contributed by atoms with Gasteiger partial charge in [-0.3, -0.25) is 24.1 Å². The van der Waals surface area contributed by atoms with Crippen LogP contribution in [0.1, 0.15) is 30.5 Å². The summed E-state index contributed by atoms with van der Waals surface area (Å²) in [6, 6.07) is 5.42. The number of benzene rings is 1. The van der Waals surface area contributed by atoms with Crippen LogP contribution in [0, 0.1) is 0 Å². The Kier molecular flexibility index (Phi) is 7.09. The fraction of sp³-hybridized carbons (Fsp3) is 0.391. The number of nitrogens with one attached hydrogen (secondary N) is 3. The van der Waals surface area contributed by atoms with Crippen LogP contribution in [0.2, 0.25) is 0 Å². The Morgan fingerprint density at radius 3 is 2.63 bits per heavy atom. The van der Waals surface area contributed by atoms with E-state index >= 15 is 0 Å². The van der Waals surface area contributed by atoms with Crippen molar-refractivity contribution in [1.82, 2.24) is 30.4 Å². The van der Waals surface area contributed by atoms with Crippen molar-refractivity contribution in [3.8, 4) is 0 Å². The van der Waals surface area contributed by atoms with Crippen LogP contribution in [0.4, 0.5) is 4.79 Å². The zero-order chi connectivity index (χ0) is 24.9. The van der Waals surface area contributed by atoms with Gasteiger partial charge in [0.15, 0.2) is 0 Å². The third-order valence-electron chi connectivity index (χ3n) is 6.18. The van der Waals surface area contributed by atoms with Gasteiger partial charge in [0.25, 0.3) is 0 Å². The van der Waals surface area contributed by atoms with Crippen molar-refractivity contribution in [2.75, 3.05) is 6.54 Å². The minimum absolute atomic E-state index is 0.0846. The fourth-order valence-electron chi connectivity index (χ4n) is 4.38. The largest absolute Gasteiger partial charge is 0.368 e. The molecule has 3 heterocycles. The zero-order valence-electron chi connectivity index (χ0n) is 19.0. The third kappa shape index (κ3) is 5.48. The normalized spacial score (nSPS) is 20.9. The van der Waals surface area contributed by atoms with Gasteiger partial charge in [0.05, 0.1) is 19.3 Å². The lowest BCUT2D eigenvalue weighted by atomic mass is 10.1. The van der Waals surface area contributed by atoms with E-state index in [2.05, 4.69) is 20.6 Å². The molecule has 1 aromatic heterocycles. The molecule has 0 aliphatic carbocycles. The van der Waals surface area contributed by atoms with Gasteiger partial charge in [-0.2, -0.15) is 0 Å². The van der Waals surface area contributed by atoms with Crippen LogP contribution in [-0.2, 0) is 32.1 Å². The minimum Gasteiger partial charge on any atom is -0.368 e. The Morgan fingerprint density at radius 2 is 1.97 bits per heavy atom. The van der Waals surface area contributed by atoms with Crippen molar-refractivity contribution in [2.24, 2.45) is 5.73 Å². The summed E-state index contributed by atoms with van der Waals surface area (Å²) in [6.07, 6.45) is 3.88. The number of imidazole rings is 1. The first-order valence-corrected chi connectivity index (χ1v) is 11.4. The molecule has 2 saturated heterocycles. The standard InChI is InChI=1S/C23H27N7O5/c24-20(32)18-7-4-8-29(18)22(34)17(9-15-11-25-13-26-15)27-21(33)16-10-19(31)30(23(35)28-16)12-14-5-2-1-3-6-14/h1-3,5-6,11,13,16-18H,4,7-10,12H2,(H2,24,32)(H,25,26)(H,27,33)(H,28,35)/t16-,17-,18-/m0/s1. The third-order valence-corrected chi connectivity index (χ3v) is 6.18. The smallest absolute Gasteiger partial charge is 0.325 e. The van der Waals surface area contributed by atoms with Crippen LogP contribution in [-0.4, -0.2) is 74.1 Å². The monoisotopic (exact) mass is 481 g/mol. The Morgan fingerprint density at radius 1 is 1.20 bits per heavy atom. The second-order valence-corrected chi connectivity index (χ2v) is 8.61. The van der Waals surface area contributed by atoms with Crippen LogP contribution in [0.25, 0.3) is 0 Å². The predicted molar refractivity (Wildman–Crippen MR) is 122 cm³/mol. The number of carbonyl (C=O) groups excluding carboxylic acids is 5. The van der Waals surface area contributed by atoms with Crippen LogP contribution >= 0.6 is 0 Å². The molecule has 0 unspecified atom stereocenters. The van der Waals surface area contributed by atoms with Crippen molar-refractivity contribution in [3.63, 3.8) is 0 Å². The van der Waals surface area contributed by atoms with E-state index in [1.165, 1.54) is 17.4 Å². The molecule has 12 nitrogen and oxygen atoms in total. The van der Waals surface area contributed by atoms with Gasteiger partial charge in [0, 0.05) is 24.9 Å². The van der Waals surface area contributed by atoms with Crippen LogP contribution in [0.3, 0.4) is 0 Å². The number of aromatic nitrogens is 2. The molecule has 6 amide bonds. The number of carbonyl (C=O) groups is 5. The molecule has 5 N–H and O–H groups in total. The van der Waals surface area contributed by atoms with Gasteiger partial charge >= 0.3 is 6.03 Å². The summed E-state index contributed by atoms with van der Waals surface area (Å²) in [5, 5.41) is 5.20. The Hall–Kier alpha value is -4.22. The number of likely N-dealkylation sites (tertiary alicyclic amines) is 1. The van der Waals surface area contributed by atoms with Gasteiger partial charge in [0.2, 0.25) is 23.6 Å². The molecule has 0 spiro atoms. The average Bonchev–Trinajstić information content (AvgIpc) is 3.53. The van der Waals surface area contributed by atoms with E-state index < -0.39 is 47.8 Å². The first-order chi connectivity index (χ1) is 16.8. The summed E-state index contributed by atoms with van der Waals surface area (Å²) in [4.78, 5) is 72.6. The summed E-state index contributed by atoms with van der Waals surface area (Å²) < 4.78 is 0. The summed E-state index contributed by atoms with van der Waals surface area (Å²) in [5.74, 6) is -2.24. The summed E-state index contributed by atoms with van der Waals surface area (Å²) in [7, 11) is 0. The van der Waals surface area contributed by atoms with Crippen molar-refractivity contribution < 1.29 is 24.0 Å². The van der Waals surface area contributed by atoms with Gasteiger partial charge in [0.1, 0.15) is 18.1 Å². The van der Waals surface area contributed by atoms with E-state index in [-0.39, 0.29) is 19.4 Å². The second-order valence-electron chi connectivity index (χ2n) is 8.61. The van der Waals surface area contributed by atoms with E-state index in [0.717, 1.165) is 10.5 Å². The van der Waals surface area contributed by atoms with Crippen molar-refractivity contribution in [2.45, 2.75) is 50.4 Å². The molecular weight excluding hydrogens is 454 g/mol. The molecule has 0 bridgehead atoms. The number of amides is 6. The maximum Gasteiger partial charge on any atom is 0.325 e. The van der Waals surface area contributed by atoms with Gasteiger partial charge in [-0.05, 0) is 18.4 Å². The number of nitrogens with two attached hydrogens (primary N) is 1. The first kappa shape index (κ1) is 23.9. The second kappa shape index (κ2) is 10.4. The highest BCUT2D eigenvalue weighted by Gasteiger charge is 2.40. The molecule has 12 heteroatoms. The number of hydrogen-bond acceptors (Lipinski definition) is 6. The lowest BCUT2D eigenvalue weighted by Gasteiger charge is -2.32. The molecule has 35 heavy (non-hydrogen) atoms. The maximum absolute atomic E-state index is 13.3. The molecule has 2 fully saturated rings. The van der Waals surface area contributed by atoms with Crippen LogP contribution < -0.4 is 16.4 Å². The maximum atomic E-state index is 13.3. The minimum atomic E-state index is -1.13. The molecule has 2 aliphatic heterocycles. The SMILES string of the molecule is NC(=O)[C@@H]1CCCN1C(=O)[C@H](Cc1cnc[nH]1)NC(=O)[C@@H]1CC(=O)N(Cc2ccccc2)C(=O)N1. The van der Waals surface area contributed by atoms with Crippen LogP contribution in [0.5, 0.6) is 0 Å². The number of primary amides is 1. The summed E-state index contributed by atoms with van der Waals surface area (Å²) in [6.45, 7) is 0.430. The highest BCUT2D eigenvalue weighted by molar-refractivity contribution is 6.03. The number of nitrogens with zero attached hydrogens (tertiary/aromatic N) is 3. The number of imide groups is 1. The molecule has 4 rings (SSSR count). The molecule has 184 valence electrons. The van der Waals surface area contributed by atoms with Crippen molar-refractivity contribution in [1.29, 1.82) is 0 Å². The Bertz CT molecular complexity index is 1090. The Balaban J connectivity index is 1.45. The molecule has 2 aromatic rings. The van der Waals surface area contributed by atoms with Gasteiger partial charge in [-0.25, -0.2) is 9.78 Å². The van der Waals surface area contributed by atoms with E-state index in [1.807, 2.05) is 6.07 Å². The highest BCUT2D eigenvalue weighted by Crippen LogP contribution is 2.19. The summed E-state index contributed by atoms with van der Waals surface area (Å²) >= 11 is 0. The molecule has 0 saturated carbocycles. The van der Waals surface area contributed by atoms with E-state index in [0.29, 0.717) is 25.1 Å². The topological polar surface area (TPSA) is 171 Å². The predicted octanol–water partition coefficient (Wildman–Crippen LogP) is -0.576. The van der Waals surface area contributed by atoms with Crippen molar-refractivity contribution >= 4 is 29.7 Å². The quantitative estimate of drug-likeness (QED) is 0.393. The molecule has 2 aliphatic rings. The number of aromatic amines is 1. The number of rotatable bonds is 8. The average molecular weight is 482 g/mol. The molecule has 3 atom stereocenters.